The fourth-order valence-corrected chi connectivity index (χ4v) is 3.13. The summed E-state index contributed by atoms with van der Waals surface area (Å²) >= 11 is 0. The minimum atomic E-state index is -3.91. The van der Waals surface area contributed by atoms with Gasteiger partial charge in [0.2, 0.25) is 0 Å². The van der Waals surface area contributed by atoms with E-state index in [0.29, 0.717) is 5.56 Å². The van der Waals surface area contributed by atoms with Gasteiger partial charge in [-0.3, -0.25) is 4.72 Å². The Morgan fingerprint density at radius 2 is 2.00 bits per heavy atom. The second-order valence-electron chi connectivity index (χ2n) is 4.44. The normalized spacial score (nSPS) is 10.9. The van der Waals surface area contributed by atoms with Crippen LogP contribution >= 0.6 is 0 Å². The number of rotatable bonds is 3. The molecule has 0 bridgehead atoms. The first-order valence-corrected chi connectivity index (χ1v) is 7.40. The lowest BCUT2D eigenvalue weighted by Gasteiger charge is -2.11. The molecule has 2 aromatic rings. The molecule has 3 N–H and O–H groups in total. The van der Waals surface area contributed by atoms with Crippen LogP contribution in [0.25, 0.3) is 0 Å². The highest BCUT2D eigenvalue weighted by molar-refractivity contribution is 7.92. The Labute approximate surface area is 121 Å². The second kappa shape index (κ2) is 5.42. The summed E-state index contributed by atoms with van der Waals surface area (Å²) in [5.74, 6) is -0.669. The maximum atomic E-state index is 13.3. The summed E-state index contributed by atoms with van der Waals surface area (Å²) in [6.07, 6.45) is 0. The van der Waals surface area contributed by atoms with Gasteiger partial charge < -0.3 is 5.73 Å². The molecule has 0 aliphatic rings. The molecule has 7 heteroatoms. The summed E-state index contributed by atoms with van der Waals surface area (Å²) < 4.78 is 40.3. The second-order valence-corrected chi connectivity index (χ2v) is 6.09. The molecule has 0 spiro atoms. The molecule has 0 aromatic heterocycles. The lowest BCUT2D eigenvalue weighted by molar-refractivity contribution is 0.599. The summed E-state index contributed by atoms with van der Waals surface area (Å²) in [5.41, 5.74) is 5.98. The molecule has 0 radical (unpaired) electrons. The molecule has 0 unspecified atom stereocenters. The van der Waals surface area contributed by atoms with Crippen LogP contribution in [0.15, 0.2) is 41.3 Å². The minimum Gasteiger partial charge on any atom is -0.396 e. The molecule has 0 atom stereocenters. The smallest absolute Gasteiger partial charge is 0.262 e. The Morgan fingerprint density at radius 1 is 1.29 bits per heavy atom. The van der Waals surface area contributed by atoms with E-state index in [1.165, 1.54) is 19.1 Å². The number of halogens is 1. The predicted molar refractivity (Wildman–Crippen MR) is 77.5 cm³/mol. The quantitative estimate of drug-likeness (QED) is 0.851. The summed E-state index contributed by atoms with van der Waals surface area (Å²) in [4.78, 5) is -0.108. The van der Waals surface area contributed by atoms with Crippen molar-refractivity contribution in [2.45, 2.75) is 11.8 Å². The third-order valence-electron chi connectivity index (χ3n) is 2.83. The Hall–Kier alpha value is -2.59. The highest BCUT2D eigenvalue weighted by atomic mass is 32.2. The molecule has 0 amide bonds. The zero-order valence-corrected chi connectivity index (χ0v) is 11.9. The monoisotopic (exact) mass is 305 g/mol. The first-order chi connectivity index (χ1) is 9.83. The van der Waals surface area contributed by atoms with Crippen molar-refractivity contribution in [1.82, 2.24) is 0 Å². The van der Waals surface area contributed by atoms with Gasteiger partial charge >= 0.3 is 0 Å². The first kappa shape index (κ1) is 14.8. The molecule has 2 aromatic carbocycles. The topological polar surface area (TPSA) is 96.0 Å². The zero-order chi connectivity index (χ0) is 15.6. The molecule has 0 heterocycles. The third kappa shape index (κ3) is 3.12. The van der Waals surface area contributed by atoms with Gasteiger partial charge in [0.15, 0.2) is 0 Å². The Balaban J connectivity index is 2.43. The summed E-state index contributed by atoms with van der Waals surface area (Å²) in [5, 5.41) is 8.80. The number of nitriles is 1. The van der Waals surface area contributed by atoms with Gasteiger partial charge in [-0.25, -0.2) is 12.8 Å². The molecule has 0 saturated heterocycles. The molecular formula is C14H12FN3O2S. The molecular weight excluding hydrogens is 293 g/mol. The van der Waals surface area contributed by atoms with Crippen molar-refractivity contribution in [2.24, 2.45) is 0 Å². The van der Waals surface area contributed by atoms with Crippen LogP contribution in [0.4, 0.5) is 15.8 Å². The maximum Gasteiger partial charge on any atom is 0.262 e. The number of nitrogens with two attached hydrogens (primary N) is 1. The van der Waals surface area contributed by atoms with Gasteiger partial charge in [-0.05, 0) is 42.8 Å². The lowest BCUT2D eigenvalue weighted by atomic mass is 10.2. The molecule has 2 rings (SSSR count). The van der Waals surface area contributed by atoms with Gasteiger partial charge in [0.25, 0.3) is 10.0 Å². The van der Waals surface area contributed by atoms with E-state index in [1.54, 1.807) is 12.1 Å². The van der Waals surface area contributed by atoms with Crippen LogP contribution in [0.5, 0.6) is 0 Å². The van der Waals surface area contributed by atoms with Crippen molar-refractivity contribution in [3.8, 4) is 6.07 Å². The number of aryl methyl sites for hydroxylation is 1. The van der Waals surface area contributed by atoms with E-state index in [9.17, 15) is 12.8 Å². The van der Waals surface area contributed by atoms with Crippen LogP contribution < -0.4 is 10.5 Å². The molecule has 21 heavy (non-hydrogen) atoms. The fourth-order valence-electron chi connectivity index (χ4n) is 1.82. The molecule has 0 saturated carbocycles. The van der Waals surface area contributed by atoms with Gasteiger partial charge in [-0.1, -0.05) is 6.07 Å². The number of nitrogen functional groups attached to an aromatic ring is 1. The summed E-state index contributed by atoms with van der Waals surface area (Å²) in [7, 11) is -3.91. The molecule has 0 aliphatic carbocycles. The molecule has 5 nitrogen and oxygen atoms in total. The van der Waals surface area contributed by atoms with Crippen LogP contribution in [0.2, 0.25) is 0 Å². The largest absolute Gasteiger partial charge is 0.396 e. The van der Waals surface area contributed by atoms with Crippen molar-refractivity contribution in [3.05, 3.63) is 53.3 Å². The number of nitrogens with zero attached hydrogens (tertiary/aromatic N) is 1. The highest BCUT2D eigenvalue weighted by Crippen LogP contribution is 2.24. The average Bonchev–Trinajstić information content (AvgIpc) is 2.42. The molecule has 0 aliphatic heterocycles. The first-order valence-electron chi connectivity index (χ1n) is 5.92. The SMILES string of the molecule is Cc1cc(F)c(N)cc1S(=O)(=O)Nc1cccc(C#N)c1. The number of hydrogen-bond donors (Lipinski definition) is 2. The molecule has 108 valence electrons. The van der Waals surface area contributed by atoms with E-state index in [-0.39, 0.29) is 21.8 Å². The van der Waals surface area contributed by atoms with Crippen LogP contribution in [-0.4, -0.2) is 8.42 Å². The number of anilines is 2. The van der Waals surface area contributed by atoms with Crippen LogP contribution in [-0.2, 0) is 10.0 Å². The maximum absolute atomic E-state index is 13.3. The van der Waals surface area contributed by atoms with E-state index in [0.717, 1.165) is 12.1 Å². The van der Waals surface area contributed by atoms with E-state index in [4.69, 9.17) is 11.0 Å². The van der Waals surface area contributed by atoms with Crippen molar-refractivity contribution < 1.29 is 12.8 Å². The van der Waals surface area contributed by atoms with E-state index < -0.39 is 15.8 Å². The van der Waals surface area contributed by atoms with Gasteiger partial charge in [-0.15, -0.1) is 0 Å². The van der Waals surface area contributed by atoms with Crippen LogP contribution in [0.3, 0.4) is 0 Å². The van der Waals surface area contributed by atoms with Gasteiger partial charge in [0, 0.05) is 0 Å². The van der Waals surface area contributed by atoms with E-state index in [1.807, 2.05) is 6.07 Å². The highest BCUT2D eigenvalue weighted by Gasteiger charge is 2.19. The standard InChI is InChI=1S/C14H12FN3O2S/c1-9-5-12(15)13(17)7-14(9)21(19,20)18-11-4-2-3-10(6-11)8-16/h2-7,18H,17H2,1H3. The zero-order valence-electron chi connectivity index (χ0n) is 11.1. The predicted octanol–water partition coefficient (Wildman–Crippen LogP) is 2.39. The Morgan fingerprint density at radius 3 is 2.67 bits per heavy atom. The van der Waals surface area contributed by atoms with Crippen molar-refractivity contribution in [2.75, 3.05) is 10.5 Å². The minimum absolute atomic E-state index is 0.108. The van der Waals surface area contributed by atoms with Crippen molar-refractivity contribution in [3.63, 3.8) is 0 Å². The van der Waals surface area contributed by atoms with Crippen molar-refractivity contribution >= 4 is 21.4 Å². The number of sulfonamides is 1. The number of benzene rings is 2. The third-order valence-corrected chi connectivity index (χ3v) is 4.35. The van der Waals surface area contributed by atoms with Gasteiger partial charge in [-0.2, -0.15) is 5.26 Å². The average molecular weight is 305 g/mol. The Kier molecular flexibility index (Phi) is 3.82. The van der Waals surface area contributed by atoms with E-state index in [2.05, 4.69) is 4.72 Å². The van der Waals surface area contributed by atoms with Gasteiger partial charge in [0.1, 0.15) is 5.82 Å². The summed E-state index contributed by atoms with van der Waals surface area (Å²) in [6, 6.07) is 10.1. The molecule has 0 fully saturated rings. The van der Waals surface area contributed by atoms with Gasteiger partial charge in [0.05, 0.1) is 27.9 Å². The van der Waals surface area contributed by atoms with Crippen LogP contribution in [0, 0.1) is 24.1 Å². The van der Waals surface area contributed by atoms with Crippen LogP contribution in [0.1, 0.15) is 11.1 Å². The number of nitrogens with one attached hydrogen (secondary N) is 1. The summed E-state index contributed by atoms with van der Waals surface area (Å²) in [6.45, 7) is 1.47. The fraction of sp³-hybridized carbons (Fsp3) is 0.0714. The Bertz CT molecular complexity index is 842. The number of hydrogen-bond acceptors (Lipinski definition) is 4. The van der Waals surface area contributed by atoms with E-state index >= 15 is 0 Å². The van der Waals surface area contributed by atoms with Crippen molar-refractivity contribution in [1.29, 1.82) is 5.26 Å². The lowest BCUT2D eigenvalue weighted by Crippen LogP contribution is -2.15.